The second-order valence-electron chi connectivity index (χ2n) is 3.20. The predicted octanol–water partition coefficient (Wildman–Crippen LogP) is 1.19. The van der Waals surface area contributed by atoms with E-state index in [0.29, 0.717) is 6.29 Å². The van der Waals surface area contributed by atoms with Crippen LogP contribution in [-0.2, 0) is 9.59 Å². The molecular formula is C10H26N2O2. The van der Waals surface area contributed by atoms with Crippen molar-refractivity contribution in [1.29, 1.82) is 0 Å². The normalized spacial score (nSPS) is 13.6. The maximum Gasteiger partial charge on any atom is 0.237 e. The van der Waals surface area contributed by atoms with Crippen LogP contribution in [0.5, 0.6) is 0 Å². The highest BCUT2D eigenvalue weighted by Gasteiger charge is 2.18. The molecule has 0 spiro atoms. The van der Waals surface area contributed by atoms with Gasteiger partial charge in [0.2, 0.25) is 5.91 Å². The fraction of sp³-hybridized carbons (Fsp3) is 0.800. The first kappa shape index (κ1) is 15.6. The van der Waals surface area contributed by atoms with Gasteiger partial charge in [-0.25, -0.2) is 0 Å². The van der Waals surface area contributed by atoms with Crippen LogP contribution in [0.15, 0.2) is 0 Å². The zero-order valence-corrected chi connectivity index (χ0v) is 9.70. The van der Waals surface area contributed by atoms with E-state index in [1.54, 1.807) is 6.92 Å². The first-order chi connectivity index (χ1) is 6.49. The summed E-state index contributed by atoms with van der Waals surface area (Å²) in [4.78, 5) is 21.3. The lowest BCUT2D eigenvalue weighted by Crippen LogP contribution is -2.47. The van der Waals surface area contributed by atoms with Gasteiger partial charge < -0.3 is 15.8 Å². The van der Waals surface area contributed by atoms with E-state index in [0.717, 1.165) is 0 Å². The van der Waals surface area contributed by atoms with Crippen molar-refractivity contribution in [2.75, 3.05) is 0 Å². The van der Waals surface area contributed by atoms with E-state index in [9.17, 15) is 9.59 Å². The van der Waals surface area contributed by atoms with Gasteiger partial charge in [-0.2, -0.15) is 0 Å². The van der Waals surface area contributed by atoms with Crippen molar-refractivity contribution in [3.63, 3.8) is 0 Å². The summed E-state index contributed by atoms with van der Waals surface area (Å²) < 4.78 is 0. The third-order valence-corrected chi connectivity index (χ3v) is 1.60. The Morgan fingerprint density at radius 1 is 1.36 bits per heavy atom. The van der Waals surface area contributed by atoms with Crippen LogP contribution in [0.4, 0.5) is 0 Å². The van der Waals surface area contributed by atoms with Crippen LogP contribution in [0.1, 0.15) is 37.5 Å². The number of carbonyl (C=O) groups excluding carboxylic acids is 2. The average molecular weight is 206 g/mol. The molecule has 3 N–H and O–H groups in total. The van der Waals surface area contributed by atoms with Crippen LogP contribution in [-0.4, -0.2) is 24.3 Å². The number of amides is 1. The first-order valence-electron chi connectivity index (χ1n) is 5.00. The van der Waals surface area contributed by atoms with Crippen molar-refractivity contribution in [3.05, 3.63) is 0 Å². The molecule has 0 aliphatic heterocycles. The molecule has 0 aromatic carbocycles. The summed E-state index contributed by atoms with van der Waals surface area (Å²) in [6.07, 6.45) is 0.672. The van der Waals surface area contributed by atoms with Crippen molar-refractivity contribution in [2.24, 2.45) is 11.7 Å². The van der Waals surface area contributed by atoms with Gasteiger partial charge in [0.15, 0.2) is 0 Å². The summed E-state index contributed by atoms with van der Waals surface area (Å²) in [5, 5.41) is 2.48. The molecule has 4 nitrogen and oxygen atoms in total. The first-order valence-corrected chi connectivity index (χ1v) is 5.00. The summed E-state index contributed by atoms with van der Waals surface area (Å²) in [5.41, 5.74) is 5.54. The fourth-order valence-corrected chi connectivity index (χ4v) is 0.657. The molecule has 2 atom stereocenters. The Labute approximate surface area is 89.2 Å². The zero-order valence-electron chi connectivity index (χ0n) is 9.70. The number of aldehydes is 1. The second kappa shape index (κ2) is 8.69. The number of hydrogen-bond acceptors (Lipinski definition) is 3. The SMILES string of the molecule is CC.CC(C=O)NC(=O)C(N)C(C)C.[HH].[HH]. The van der Waals surface area contributed by atoms with Gasteiger partial charge in [0.25, 0.3) is 0 Å². The third kappa shape index (κ3) is 6.60. The standard InChI is InChI=1S/C8H16N2O2.C2H6.2H2/c1-5(2)7(9)8(12)10-6(3)4-11;1-2;;/h4-7H,9H2,1-3H3,(H,10,12);1-2H3;2*1H. The van der Waals surface area contributed by atoms with Crippen LogP contribution in [0.3, 0.4) is 0 Å². The van der Waals surface area contributed by atoms with Crippen LogP contribution in [0, 0.1) is 5.92 Å². The average Bonchev–Trinajstić information content (AvgIpc) is 2.19. The summed E-state index contributed by atoms with van der Waals surface area (Å²) in [6, 6.07) is -0.991. The topological polar surface area (TPSA) is 72.2 Å². The van der Waals surface area contributed by atoms with Gasteiger partial charge in [0.05, 0.1) is 12.1 Å². The van der Waals surface area contributed by atoms with Gasteiger partial charge >= 0.3 is 0 Å². The molecule has 0 aliphatic rings. The quantitative estimate of drug-likeness (QED) is 0.679. The van der Waals surface area contributed by atoms with Crippen LogP contribution < -0.4 is 11.1 Å². The maximum atomic E-state index is 11.2. The molecule has 0 saturated carbocycles. The van der Waals surface area contributed by atoms with Gasteiger partial charge in [-0.05, 0) is 12.8 Å². The molecule has 1 amide bonds. The monoisotopic (exact) mass is 206 g/mol. The van der Waals surface area contributed by atoms with Crippen LogP contribution in [0.2, 0.25) is 0 Å². The second-order valence-corrected chi connectivity index (χ2v) is 3.20. The Morgan fingerprint density at radius 3 is 2.07 bits per heavy atom. The van der Waals surface area contributed by atoms with Crippen molar-refractivity contribution in [3.8, 4) is 0 Å². The van der Waals surface area contributed by atoms with Gasteiger partial charge in [0.1, 0.15) is 6.29 Å². The van der Waals surface area contributed by atoms with E-state index >= 15 is 0 Å². The smallest absolute Gasteiger partial charge is 0.237 e. The van der Waals surface area contributed by atoms with Crippen molar-refractivity contribution in [1.82, 2.24) is 5.32 Å². The number of carbonyl (C=O) groups is 2. The Morgan fingerprint density at radius 2 is 1.79 bits per heavy atom. The van der Waals surface area contributed by atoms with Gasteiger partial charge in [0, 0.05) is 2.85 Å². The molecule has 2 unspecified atom stereocenters. The third-order valence-electron chi connectivity index (χ3n) is 1.60. The molecule has 88 valence electrons. The molecule has 4 heteroatoms. The Balaban J connectivity index is -0.000000169. The molecule has 14 heavy (non-hydrogen) atoms. The van der Waals surface area contributed by atoms with Crippen molar-refractivity contribution >= 4 is 12.2 Å². The molecule has 0 heterocycles. The summed E-state index contributed by atoms with van der Waals surface area (Å²) >= 11 is 0. The molecule has 0 aromatic rings. The van der Waals surface area contributed by atoms with Crippen LogP contribution >= 0.6 is 0 Å². The zero-order chi connectivity index (χ0) is 11.7. The lowest BCUT2D eigenvalue weighted by Gasteiger charge is -2.16. The van der Waals surface area contributed by atoms with E-state index < -0.39 is 12.1 Å². The number of hydrogen-bond donors (Lipinski definition) is 2. The molecular weight excluding hydrogens is 180 g/mol. The number of nitrogens with one attached hydrogen (secondary N) is 1. The minimum Gasteiger partial charge on any atom is -0.346 e. The van der Waals surface area contributed by atoms with Gasteiger partial charge in [-0.3, -0.25) is 4.79 Å². The summed E-state index contributed by atoms with van der Waals surface area (Å²) in [7, 11) is 0. The molecule has 0 aromatic heterocycles. The highest BCUT2D eigenvalue weighted by atomic mass is 16.2. The summed E-state index contributed by atoms with van der Waals surface area (Å²) in [5.74, 6) is -0.187. The minimum atomic E-state index is -0.535. The molecule has 0 radical (unpaired) electrons. The molecule has 0 fully saturated rings. The fourth-order valence-electron chi connectivity index (χ4n) is 0.657. The van der Waals surface area contributed by atoms with Crippen molar-refractivity contribution < 1.29 is 12.4 Å². The van der Waals surface area contributed by atoms with E-state index in [2.05, 4.69) is 5.32 Å². The van der Waals surface area contributed by atoms with Crippen LogP contribution in [0.25, 0.3) is 0 Å². The minimum absolute atomic E-state index is 0. The lowest BCUT2D eigenvalue weighted by atomic mass is 10.0. The van der Waals surface area contributed by atoms with E-state index in [4.69, 9.17) is 5.73 Å². The van der Waals surface area contributed by atoms with E-state index in [1.165, 1.54) is 0 Å². The lowest BCUT2D eigenvalue weighted by molar-refractivity contribution is -0.125. The Hall–Kier alpha value is -0.900. The van der Waals surface area contributed by atoms with E-state index in [1.807, 2.05) is 27.7 Å². The Bertz CT molecular complexity index is 178. The van der Waals surface area contributed by atoms with E-state index in [-0.39, 0.29) is 14.7 Å². The molecule has 0 bridgehead atoms. The highest BCUT2D eigenvalue weighted by Crippen LogP contribution is 1.97. The van der Waals surface area contributed by atoms with Gasteiger partial charge in [-0.1, -0.05) is 27.7 Å². The predicted molar refractivity (Wildman–Crippen MR) is 62.1 cm³/mol. The molecule has 0 rings (SSSR count). The number of nitrogens with two attached hydrogens (primary N) is 1. The Kier molecular flexibility index (Phi) is 9.66. The van der Waals surface area contributed by atoms with Gasteiger partial charge in [-0.15, -0.1) is 0 Å². The molecule has 0 saturated heterocycles. The molecule has 0 aliphatic carbocycles. The summed E-state index contributed by atoms with van der Waals surface area (Å²) in [6.45, 7) is 9.32. The highest BCUT2D eigenvalue weighted by molar-refractivity contribution is 5.84. The number of rotatable bonds is 4. The largest absolute Gasteiger partial charge is 0.346 e. The van der Waals surface area contributed by atoms with Crippen molar-refractivity contribution in [2.45, 2.75) is 46.7 Å². The maximum absolute atomic E-state index is 11.2.